The van der Waals surface area contributed by atoms with Crippen molar-refractivity contribution in [1.29, 1.82) is 5.26 Å². The highest BCUT2D eigenvalue weighted by molar-refractivity contribution is 5.85. The Morgan fingerprint density at radius 1 is 0.970 bits per heavy atom. The van der Waals surface area contributed by atoms with Crippen LogP contribution in [0, 0.1) is 17.1 Å². The molecule has 3 aromatic rings. The third kappa shape index (κ3) is 3.83. The average molecular weight is 443 g/mol. The van der Waals surface area contributed by atoms with E-state index in [0.717, 1.165) is 47.8 Å². The first-order valence-corrected chi connectivity index (χ1v) is 11.4. The smallest absolute Gasteiger partial charge is 0.318 e. The predicted molar refractivity (Wildman–Crippen MR) is 126 cm³/mol. The number of benzene rings is 3. The number of carbonyl (C=O) groups excluding carboxylic acids is 1. The van der Waals surface area contributed by atoms with Crippen molar-refractivity contribution in [2.45, 2.75) is 24.9 Å². The van der Waals surface area contributed by atoms with Gasteiger partial charge in [-0.05, 0) is 66.1 Å². The highest BCUT2D eigenvalue weighted by Crippen LogP contribution is 2.41. The third-order valence-corrected chi connectivity index (χ3v) is 7.26. The molecule has 0 unspecified atom stereocenters. The Labute approximate surface area is 193 Å². The number of nitriles is 1. The Morgan fingerprint density at radius 3 is 2.30 bits per heavy atom. The summed E-state index contributed by atoms with van der Waals surface area (Å²) in [5, 5.41) is 11.8. The lowest BCUT2D eigenvalue weighted by Crippen LogP contribution is -2.53. The topological polar surface area (TPSA) is 50.6 Å². The summed E-state index contributed by atoms with van der Waals surface area (Å²) in [7, 11) is 2.09. The fraction of sp³-hybridized carbons (Fsp3) is 0.333. The van der Waals surface area contributed by atoms with Crippen molar-refractivity contribution in [2.24, 2.45) is 0 Å². The maximum absolute atomic E-state index is 13.7. The molecule has 0 N–H and O–H groups in total. The summed E-state index contributed by atoms with van der Waals surface area (Å²) in [6.07, 6.45) is 1.63. The van der Waals surface area contributed by atoms with Crippen LogP contribution in [-0.2, 0) is 12.1 Å². The van der Waals surface area contributed by atoms with Crippen LogP contribution in [0.2, 0.25) is 0 Å². The summed E-state index contributed by atoms with van der Waals surface area (Å²) in [5.74, 6) is -0.267. The van der Waals surface area contributed by atoms with Crippen LogP contribution in [0.4, 0.5) is 9.18 Å². The zero-order valence-corrected chi connectivity index (χ0v) is 18.8. The number of likely N-dealkylation sites (tertiary alicyclic amines) is 1. The molecule has 168 valence electrons. The number of hydrogen-bond acceptors (Lipinski definition) is 3. The van der Waals surface area contributed by atoms with Crippen molar-refractivity contribution in [3.63, 3.8) is 0 Å². The van der Waals surface area contributed by atoms with E-state index in [1.165, 1.54) is 12.1 Å². The lowest BCUT2D eigenvalue weighted by Gasteiger charge is -2.47. The SMILES string of the molecule is CN1CCC(c2ccc(F)cc2)(N2CCN(Cc3cc4ccccc4cc3C#N)C2=O)CC1. The molecule has 0 aromatic heterocycles. The molecule has 33 heavy (non-hydrogen) atoms. The van der Waals surface area contributed by atoms with E-state index >= 15 is 0 Å². The zero-order valence-electron chi connectivity index (χ0n) is 18.8. The molecule has 6 heteroatoms. The normalized spacial score (nSPS) is 18.6. The monoisotopic (exact) mass is 442 g/mol. The molecule has 5 rings (SSSR count). The van der Waals surface area contributed by atoms with Gasteiger partial charge in [0, 0.05) is 32.7 Å². The van der Waals surface area contributed by atoms with Gasteiger partial charge in [0.05, 0.1) is 17.2 Å². The van der Waals surface area contributed by atoms with Gasteiger partial charge in [0.15, 0.2) is 0 Å². The van der Waals surface area contributed by atoms with Gasteiger partial charge in [-0.3, -0.25) is 0 Å². The Morgan fingerprint density at radius 2 is 1.64 bits per heavy atom. The second-order valence-electron chi connectivity index (χ2n) is 9.17. The lowest BCUT2D eigenvalue weighted by molar-refractivity contribution is 0.0620. The lowest BCUT2D eigenvalue weighted by atomic mass is 9.79. The molecule has 2 amide bonds. The second-order valence-corrected chi connectivity index (χ2v) is 9.17. The van der Waals surface area contributed by atoms with Crippen LogP contribution in [0.15, 0.2) is 60.7 Å². The summed E-state index contributed by atoms with van der Waals surface area (Å²) < 4.78 is 13.7. The molecular weight excluding hydrogens is 415 g/mol. The van der Waals surface area contributed by atoms with Gasteiger partial charge in [0.2, 0.25) is 0 Å². The molecule has 0 bridgehead atoms. The molecule has 2 heterocycles. The Balaban J connectivity index is 1.45. The number of hydrogen-bond donors (Lipinski definition) is 0. The van der Waals surface area contributed by atoms with Gasteiger partial charge in [0.1, 0.15) is 5.82 Å². The van der Waals surface area contributed by atoms with Crippen molar-refractivity contribution in [3.05, 3.63) is 83.2 Å². The van der Waals surface area contributed by atoms with Crippen molar-refractivity contribution >= 4 is 16.8 Å². The van der Waals surface area contributed by atoms with E-state index in [9.17, 15) is 14.4 Å². The highest BCUT2D eigenvalue weighted by atomic mass is 19.1. The number of halogens is 1. The Hall–Kier alpha value is -3.43. The van der Waals surface area contributed by atoms with Crippen LogP contribution in [0.5, 0.6) is 0 Å². The van der Waals surface area contributed by atoms with Crippen LogP contribution >= 0.6 is 0 Å². The van der Waals surface area contributed by atoms with Crippen molar-refractivity contribution in [2.75, 3.05) is 33.2 Å². The van der Waals surface area contributed by atoms with Crippen molar-refractivity contribution < 1.29 is 9.18 Å². The first-order chi connectivity index (χ1) is 16.0. The molecule has 2 fully saturated rings. The molecule has 2 aliphatic rings. The fourth-order valence-electron chi connectivity index (χ4n) is 5.32. The van der Waals surface area contributed by atoms with Crippen molar-refractivity contribution in [3.8, 4) is 6.07 Å². The van der Waals surface area contributed by atoms with E-state index in [1.54, 1.807) is 0 Å². The minimum absolute atomic E-state index is 0.0130. The summed E-state index contributed by atoms with van der Waals surface area (Å²) in [6.45, 7) is 3.39. The Bertz CT molecular complexity index is 1230. The number of fused-ring (bicyclic) bond motifs is 1. The number of carbonyl (C=O) groups is 1. The zero-order chi connectivity index (χ0) is 23.0. The van der Waals surface area contributed by atoms with Gasteiger partial charge in [-0.1, -0.05) is 36.4 Å². The molecular formula is C27H27FN4O. The number of nitrogens with zero attached hydrogens (tertiary/aromatic N) is 4. The minimum Gasteiger partial charge on any atom is -0.318 e. The van der Waals surface area contributed by atoms with Gasteiger partial charge in [-0.2, -0.15) is 5.26 Å². The van der Waals surface area contributed by atoms with Crippen LogP contribution in [0.3, 0.4) is 0 Å². The first kappa shape index (κ1) is 21.4. The van der Waals surface area contributed by atoms with Gasteiger partial charge in [-0.25, -0.2) is 9.18 Å². The molecule has 0 aliphatic carbocycles. The van der Waals surface area contributed by atoms with Crippen LogP contribution in [0.25, 0.3) is 10.8 Å². The van der Waals surface area contributed by atoms with Crippen LogP contribution in [0.1, 0.15) is 29.5 Å². The molecule has 0 radical (unpaired) electrons. The third-order valence-electron chi connectivity index (χ3n) is 7.26. The predicted octanol–water partition coefficient (Wildman–Crippen LogP) is 4.71. The largest absolute Gasteiger partial charge is 0.321 e. The average Bonchev–Trinajstić information content (AvgIpc) is 3.20. The maximum atomic E-state index is 13.7. The minimum atomic E-state index is -0.437. The van der Waals surface area contributed by atoms with E-state index in [-0.39, 0.29) is 11.8 Å². The number of amides is 2. The van der Waals surface area contributed by atoms with E-state index in [0.29, 0.717) is 25.2 Å². The molecule has 3 aromatic carbocycles. The van der Waals surface area contributed by atoms with Gasteiger partial charge in [0.25, 0.3) is 0 Å². The quantitative estimate of drug-likeness (QED) is 0.588. The first-order valence-electron chi connectivity index (χ1n) is 11.4. The van der Waals surface area contributed by atoms with Gasteiger partial charge in [-0.15, -0.1) is 0 Å². The van der Waals surface area contributed by atoms with Crippen LogP contribution in [-0.4, -0.2) is 54.0 Å². The van der Waals surface area contributed by atoms with E-state index < -0.39 is 5.54 Å². The van der Waals surface area contributed by atoms with Gasteiger partial charge < -0.3 is 14.7 Å². The second kappa shape index (κ2) is 8.49. The summed E-state index contributed by atoms with van der Waals surface area (Å²) in [5.41, 5.74) is 2.03. The van der Waals surface area contributed by atoms with E-state index in [1.807, 2.05) is 58.3 Å². The highest BCUT2D eigenvalue weighted by Gasteiger charge is 2.47. The molecule has 0 atom stereocenters. The molecule has 5 nitrogen and oxygen atoms in total. The maximum Gasteiger partial charge on any atom is 0.321 e. The number of urea groups is 1. The summed E-state index contributed by atoms with van der Waals surface area (Å²) in [6, 6.07) is 20.8. The number of rotatable bonds is 4. The van der Waals surface area contributed by atoms with Gasteiger partial charge >= 0.3 is 6.03 Å². The van der Waals surface area contributed by atoms with Crippen molar-refractivity contribution in [1.82, 2.24) is 14.7 Å². The fourth-order valence-corrected chi connectivity index (χ4v) is 5.32. The molecule has 0 spiro atoms. The molecule has 0 saturated carbocycles. The molecule has 2 aliphatic heterocycles. The Kier molecular flexibility index (Phi) is 5.51. The van der Waals surface area contributed by atoms with E-state index in [4.69, 9.17) is 0 Å². The summed E-state index contributed by atoms with van der Waals surface area (Å²) in [4.78, 5) is 19.8. The standard InChI is InChI=1S/C27H27FN4O/c1-30-12-10-27(11-13-30,24-6-8-25(28)9-7-24)32-15-14-31(26(32)33)19-23-17-21-5-3-2-4-20(21)16-22(23)18-29/h2-9,16-17H,10-15,19H2,1H3. The molecule has 2 saturated heterocycles. The summed E-state index contributed by atoms with van der Waals surface area (Å²) >= 11 is 0. The number of piperidine rings is 1. The van der Waals surface area contributed by atoms with Crippen LogP contribution < -0.4 is 0 Å². The van der Waals surface area contributed by atoms with E-state index in [2.05, 4.69) is 18.0 Å².